The molecule has 3 aromatic rings. The first-order valence-corrected chi connectivity index (χ1v) is 7.95. The number of hydrogen-bond donors (Lipinski definition) is 2. The molecule has 0 aliphatic carbocycles. The summed E-state index contributed by atoms with van der Waals surface area (Å²) in [5.41, 5.74) is 0.190. The normalized spacial score (nSPS) is 11.5. The second kappa shape index (κ2) is 7.37. The molecule has 118 valence electrons. The molecular weight excluding hydrogens is 341 g/mol. The Morgan fingerprint density at radius 3 is 2.46 bits per heavy atom. The third-order valence-electron chi connectivity index (χ3n) is 3.14. The summed E-state index contributed by atoms with van der Waals surface area (Å²) < 4.78 is 31.5. The van der Waals surface area contributed by atoms with Crippen molar-refractivity contribution in [2.24, 2.45) is 10.2 Å². The number of hydrogen-bond acceptors (Lipinski definition) is 6. The van der Waals surface area contributed by atoms with Gasteiger partial charge < -0.3 is 5.11 Å². The molecule has 0 bridgehead atoms. The van der Waals surface area contributed by atoms with Crippen LogP contribution in [-0.2, 0) is 10.1 Å². The summed E-state index contributed by atoms with van der Waals surface area (Å²) in [6.45, 7) is 0. The van der Waals surface area contributed by atoms with E-state index in [0.717, 1.165) is 0 Å². The molecule has 0 atom stereocenters. The van der Waals surface area contributed by atoms with Crippen molar-refractivity contribution in [3.05, 3.63) is 54.7 Å². The standard InChI is InChI=1S/C15H11N3O4S.Na.H/c19-13-7-4-10-9-11(23(20,21)22)5-6-12(10)15(13)18-17-14-3-1-2-8-16-14;;/h1-9,19H,(H,20,21,22);;. The fourth-order valence-electron chi connectivity index (χ4n) is 2.06. The Morgan fingerprint density at radius 1 is 1.00 bits per heavy atom. The number of phenols is 1. The van der Waals surface area contributed by atoms with Crippen LogP contribution in [0.3, 0.4) is 0 Å². The van der Waals surface area contributed by atoms with Crippen LogP contribution in [0.15, 0.2) is 69.9 Å². The van der Waals surface area contributed by atoms with Crippen LogP contribution in [0.4, 0.5) is 11.5 Å². The molecule has 0 unspecified atom stereocenters. The molecule has 7 nitrogen and oxygen atoms in total. The van der Waals surface area contributed by atoms with Gasteiger partial charge in [0, 0.05) is 11.6 Å². The van der Waals surface area contributed by atoms with E-state index in [9.17, 15) is 13.5 Å². The predicted molar refractivity (Wildman–Crippen MR) is 91.0 cm³/mol. The van der Waals surface area contributed by atoms with Crippen LogP contribution < -0.4 is 0 Å². The SMILES string of the molecule is O=S(=O)(O)c1ccc2c(N=Nc3ccccn3)c(O)ccc2c1.[NaH]. The van der Waals surface area contributed by atoms with Gasteiger partial charge in [-0.15, -0.1) is 10.2 Å². The summed E-state index contributed by atoms with van der Waals surface area (Å²) in [4.78, 5) is 3.76. The van der Waals surface area contributed by atoms with Crippen LogP contribution in [0.2, 0.25) is 0 Å². The molecule has 0 aliphatic heterocycles. The number of azo groups is 1. The van der Waals surface area contributed by atoms with E-state index < -0.39 is 10.1 Å². The average molecular weight is 353 g/mol. The van der Waals surface area contributed by atoms with Crippen LogP contribution in [-0.4, -0.2) is 52.6 Å². The van der Waals surface area contributed by atoms with Gasteiger partial charge in [0.25, 0.3) is 10.1 Å². The molecule has 0 saturated heterocycles. The van der Waals surface area contributed by atoms with E-state index in [1.807, 2.05) is 0 Å². The molecule has 0 saturated carbocycles. The van der Waals surface area contributed by atoms with Gasteiger partial charge in [-0.1, -0.05) is 18.2 Å². The first-order valence-electron chi connectivity index (χ1n) is 6.51. The van der Waals surface area contributed by atoms with Crippen molar-refractivity contribution in [1.29, 1.82) is 0 Å². The maximum absolute atomic E-state index is 11.2. The Kier molecular flexibility index (Phi) is 5.68. The number of fused-ring (bicyclic) bond motifs is 1. The van der Waals surface area contributed by atoms with Crippen LogP contribution in [0.1, 0.15) is 0 Å². The molecule has 0 fully saturated rings. The molecule has 1 heterocycles. The van der Waals surface area contributed by atoms with Crippen LogP contribution in [0.25, 0.3) is 10.8 Å². The van der Waals surface area contributed by atoms with Crippen molar-refractivity contribution in [3.8, 4) is 5.75 Å². The fourth-order valence-corrected chi connectivity index (χ4v) is 2.58. The van der Waals surface area contributed by atoms with Crippen molar-refractivity contribution in [2.75, 3.05) is 0 Å². The van der Waals surface area contributed by atoms with E-state index in [4.69, 9.17) is 4.55 Å². The zero-order chi connectivity index (χ0) is 16.4. The molecule has 0 spiro atoms. The molecule has 0 aliphatic rings. The monoisotopic (exact) mass is 353 g/mol. The summed E-state index contributed by atoms with van der Waals surface area (Å²) in [5.74, 6) is 0.273. The van der Waals surface area contributed by atoms with Gasteiger partial charge in [-0.05, 0) is 35.7 Å². The first kappa shape index (κ1) is 18.5. The van der Waals surface area contributed by atoms with Crippen molar-refractivity contribution >= 4 is 62.0 Å². The van der Waals surface area contributed by atoms with Gasteiger partial charge in [-0.3, -0.25) is 4.55 Å². The number of nitrogens with zero attached hydrogens (tertiary/aromatic N) is 3. The first-order chi connectivity index (χ1) is 10.9. The topological polar surface area (TPSA) is 112 Å². The van der Waals surface area contributed by atoms with Crippen molar-refractivity contribution < 1.29 is 18.1 Å². The van der Waals surface area contributed by atoms with Crippen LogP contribution >= 0.6 is 0 Å². The molecule has 2 N–H and O–H groups in total. The van der Waals surface area contributed by atoms with Gasteiger partial charge in [0.05, 0.1) is 4.90 Å². The Hall–Kier alpha value is -1.84. The molecule has 3 rings (SSSR count). The number of pyridine rings is 1. The van der Waals surface area contributed by atoms with Crippen molar-refractivity contribution in [3.63, 3.8) is 0 Å². The quantitative estimate of drug-likeness (QED) is 0.427. The molecule has 24 heavy (non-hydrogen) atoms. The van der Waals surface area contributed by atoms with Gasteiger partial charge >= 0.3 is 29.6 Å². The summed E-state index contributed by atoms with van der Waals surface area (Å²) in [5, 5.41) is 18.9. The minimum atomic E-state index is -4.30. The van der Waals surface area contributed by atoms with Crippen LogP contribution in [0.5, 0.6) is 5.75 Å². The van der Waals surface area contributed by atoms with Gasteiger partial charge in [0.1, 0.15) is 11.4 Å². The number of benzene rings is 2. The summed E-state index contributed by atoms with van der Waals surface area (Å²) in [6.07, 6.45) is 1.57. The Bertz CT molecular complexity index is 1010. The van der Waals surface area contributed by atoms with E-state index in [2.05, 4.69) is 15.2 Å². The molecule has 1 aromatic heterocycles. The third-order valence-corrected chi connectivity index (χ3v) is 3.99. The molecule has 0 amide bonds. The maximum atomic E-state index is 11.2. The Balaban J connectivity index is 0.00000208. The van der Waals surface area contributed by atoms with E-state index in [1.165, 1.54) is 30.3 Å². The van der Waals surface area contributed by atoms with E-state index >= 15 is 0 Å². The minimum absolute atomic E-state index is 0. The summed E-state index contributed by atoms with van der Waals surface area (Å²) in [6, 6.07) is 12.0. The number of aromatic hydroxyl groups is 1. The van der Waals surface area contributed by atoms with Gasteiger partial charge in [0.2, 0.25) is 0 Å². The van der Waals surface area contributed by atoms with Crippen molar-refractivity contribution in [1.82, 2.24) is 4.98 Å². The van der Waals surface area contributed by atoms with Crippen LogP contribution in [0, 0.1) is 0 Å². The Morgan fingerprint density at radius 2 is 1.79 bits per heavy atom. The molecular formula is C15H12N3NaO4S. The molecule has 2 aromatic carbocycles. The Labute approximate surface area is 160 Å². The summed E-state index contributed by atoms with van der Waals surface area (Å²) in [7, 11) is -4.30. The molecule has 9 heteroatoms. The van der Waals surface area contributed by atoms with Gasteiger partial charge in [-0.2, -0.15) is 8.42 Å². The second-order valence-electron chi connectivity index (χ2n) is 4.68. The average Bonchev–Trinajstić information content (AvgIpc) is 2.53. The number of phenolic OH excluding ortho intramolecular Hbond substituents is 1. The summed E-state index contributed by atoms with van der Waals surface area (Å²) >= 11 is 0. The second-order valence-corrected chi connectivity index (χ2v) is 6.10. The zero-order valence-electron chi connectivity index (χ0n) is 11.7. The molecule has 0 radical (unpaired) electrons. The van der Waals surface area contributed by atoms with Gasteiger partial charge in [0.15, 0.2) is 5.82 Å². The number of aromatic nitrogens is 1. The predicted octanol–water partition coefficient (Wildman–Crippen LogP) is 2.95. The van der Waals surface area contributed by atoms with E-state index in [0.29, 0.717) is 16.6 Å². The van der Waals surface area contributed by atoms with Crippen molar-refractivity contribution in [2.45, 2.75) is 4.90 Å². The van der Waals surface area contributed by atoms with E-state index in [-0.39, 0.29) is 45.9 Å². The fraction of sp³-hybridized carbons (Fsp3) is 0. The van der Waals surface area contributed by atoms with E-state index in [1.54, 1.807) is 24.4 Å². The third kappa shape index (κ3) is 3.97. The van der Waals surface area contributed by atoms with Gasteiger partial charge in [-0.25, -0.2) is 4.98 Å². The number of rotatable bonds is 3. The zero-order valence-corrected chi connectivity index (χ0v) is 12.5.